The summed E-state index contributed by atoms with van der Waals surface area (Å²) in [7, 11) is 0. The molecule has 23 heavy (non-hydrogen) atoms. The van der Waals surface area contributed by atoms with Crippen LogP contribution in [-0.2, 0) is 6.54 Å². The Morgan fingerprint density at radius 1 is 1.30 bits per heavy atom. The van der Waals surface area contributed by atoms with E-state index in [9.17, 15) is 9.18 Å². The normalized spacial score (nSPS) is 10.5. The second-order valence-electron chi connectivity index (χ2n) is 4.80. The van der Waals surface area contributed by atoms with Crippen LogP contribution in [0.15, 0.2) is 55.2 Å². The Kier molecular flexibility index (Phi) is 4.34. The van der Waals surface area contributed by atoms with Crippen molar-refractivity contribution in [2.75, 3.05) is 0 Å². The number of nitrogens with one attached hydrogen (secondary N) is 1. The first-order valence-corrected chi connectivity index (χ1v) is 7.18. The summed E-state index contributed by atoms with van der Waals surface area (Å²) in [6.07, 6.45) is 6.78. The highest BCUT2D eigenvalue weighted by atomic mass is 35.5. The van der Waals surface area contributed by atoms with E-state index in [1.807, 2.05) is 12.1 Å². The van der Waals surface area contributed by atoms with Gasteiger partial charge in [-0.2, -0.15) is 0 Å². The Labute approximate surface area is 136 Å². The predicted octanol–water partition coefficient (Wildman–Crippen LogP) is 2.99. The molecule has 0 fully saturated rings. The molecule has 5 nitrogen and oxygen atoms in total. The number of carbonyl (C=O) groups is 1. The van der Waals surface area contributed by atoms with E-state index in [0.29, 0.717) is 6.54 Å². The number of aromatic nitrogens is 3. The lowest BCUT2D eigenvalue weighted by Crippen LogP contribution is -2.23. The predicted molar refractivity (Wildman–Crippen MR) is 83.9 cm³/mol. The molecule has 0 aliphatic heterocycles. The third-order valence-corrected chi connectivity index (χ3v) is 3.52. The van der Waals surface area contributed by atoms with Crippen molar-refractivity contribution in [3.05, 3.63) is 77.2 Å². The van der Waals surface area contributed by atoms with Crippen molar-refractivity contribution < 1.29 is 9.18 Å². The van der Waals surface area contributed by atoms with Gasteiger partial charge in [-0.25, -0.2) is 14.4 Å². The van der Waals surface area contributed by atoms with Gasteiger partial charge in [0, 0.05) is 25.1 Å². The number of nitrogens with zero attached hydrogens (tertiary/aromatic N) is 3. The zero-order valence-corrected chi connectivity index (χ0v) is 12.7. The van der Waals surface area contributed by atoms with Gasteiger partial charge in [-0.1, -0.05) is 17.7 Å². The smallest absolute Gasteiger partial charge is 0.253 e. The van der Waals surface area contributed by atoms with Crippen LogP contribution in [0.25, 0.3) is 5.82 Å². The molecule has 3 rings (SSSR count). The molecule has 2 heterocycles. The molecule has 0 radical (unpaired) electrons. The van der Waals surface area contributed by atoms with Crippen molar-refractivity contribution >= 4 is 17.5 Å². The Bertz CT molecular complexity index is 819. The summed E-state index contributed by atoms with van der Waals surface area (Å²) < 4.78 is 14.8. The minimum Gasteiger partial charge on any atom is -0.348 e. The number of rotatable bonds is 4. The van der Waals surface area contributed by atoms with Crippen LogP contribution < -0.4 is 5.32 Å². The summed E-state index contributed by atoms with van der Waals surface area (Å²) in [5.74, 6) is -0.112. The Morgan fingerprint density at radius 2 is 2.17 bits per heavy atom. The largest absolute Gasteiger partial charge is 0.348 e. The summed E-state index contributed by atoms with van der Waals surface area (Å²) >= 11 is 5.86. The second-order valence-corrected chi connectivity index (χ2v) is 5.21. The number of amides is 1. The van der Waals surface area contributed by atoms with E-state index >= 15 is 0 Å². The van der Waals surface area contributed by atoms with Crippen LogP contribution in [0.5, 0.6) is 0 Å². The van der Waals surface area contributed by atoms with Crippen LogP contribution in [0.1, 0.15) is 15.9 Å². The number of hydrogen-bond acceptors (Lipinski definition) is 3. The van der Waals surface area contributed by atoms with Gasteiger partial charge in [-0.3, -0.25) is 9.36 Å². The minimum atomic E-state index is -0.481. The number of imidazole rings is 1. The summed E-state index contributed by atoms with van der Waals surface area (Å²) in [6.45, 7) is 0.295. The maximum absolute atomic E-state index is 13.0. The topological polar surface area (TPSA) is 59.8 Å². The molecule has 0 unspecified atom stereocenters. The molecular weight excluding hydrogens is 319 g/mol. The number of benzene rings is 1. The molecule has 7 heteroatoms. The van der Waals surface area contributed by atoms with Gasteiger partial charge >= 0.3 is 0 Å². The molecule has 0 saturated heterocycles. The number of carbonyl (C=O) groups excluding carboxylic acids is 1. The van der Waals surface area contributed by atoms with Gasteiger partial charge in [0.1, 0.15) is 18.0 Å². The van der Waals surface area contributed by atoms with E-state index < -0.39 is 5.82 Å². The maximum atomic E-state index is 13.0. The first-order valence-electron chi connectivity index (χ1n) is 6.80. The molecule has 0 bridgehead atoms. The minimum absolute atomic E-state index is 0.0797. The maximum Gasteiger partial charge on any atom is 0.253 e. The molecule has 0 aliphatic rings. The van der Waals surface area contributed by atoms with Gasteiger partial charge in [0.25, 0.3) is 5.91 Å². The van der Waals surface area contributed by atoms with Crippen LogP contribution in [0.2, 0.25) is 5.02 Å². The van der Waals surface area contributed by atoms with Gasteiger partial charge in [0.2, 0.25) is 0 Å². The van der Waals surface area contributed by atoms with Crippen molar-refractivity contribution in [3.63, 3.8) is 0 Å². The van der Waals surface area contributed by atoms with Crippen LogP contribution >= 0.6 is 11.6 Å². The average Bonchev–Trinajstić information content (AvgIpc) is 3.07. The van der Waals surface area contributed by atoms with E-state index in [1.165, 1.54) is 12.1 Å². The second kappa shape index (κ2) is 6.58. The molecule has 116 valence electrons. The van der Waals surface area contributed by atoms with Gasteiger partial charge in [0.05, 0.1) is 10.6 Å². The third-order valence-electron chi connectivity index (χ3n) is 3.21. The van der Waals surface area contributed by atoms with Crippen molar-refractivity contribution in [1.29, 1.82) is 0 Å². The molecule has 0 spiro atoms. The van der Waals surface area contributed by atoms with E-state index in [1.54, 1.807) is 29.5 Å². The Balaban J connectivity index is 1.65. The highest BCUT2D eigenvalue weighted by molar-refractivity contribution is 6.33. The number of hydrogen-bond donors (Lipinski definition) is 1. The lowest BCUT2D eigenvalue weighted by molar-refractivity contribution is 0.0951. The summed E-state index contributed by atoms with van der Waals surface area (Å²) in [6, 6.07) is 7.34. The van der Waals surface area contributed by atoms with E-state index in [2.05, 4.69) is 15.3 Å². The highest BCUT2D eigenvalue weighted by Crippen LogP contribution is 2.17. The van der Waals surface area contributed by atoms with Crippen LogP contribution in [0.3, 0.4) is 0 Å². The van der Waals surface area contributed by atoms with Crippen molar-refractivity contribution in [3.8, 4) is 5.82 Å². The molecule has 1 aromatic carbocycles. The zero-order chi connectivity index (χ0) is 16.2. The van der Waals surface area contributed by atoms with Gasteiger partial charge in [0.15, 0.2) is 0 Å². The van der Waals surface area contributed by atoms with Gasteiger partial charge < -0.3 is 5.32 Å². The Morgan fingerprint density at radius 3 is 2.83 bits per heavy atom. The first-order chi connectivity index (χ1) is 11.1. The molecule has 0 saturated carbocycles. The van der Waals surface area contributed by atoms with Crippen LogP contribution in [0, 0.1) is 5.82 Å². The Hall–Kier alpha value is -2.73. The fourth-order valence-electron chi connectivity index (χ4n) is 2.02. The third kappa shape index (κ3) is 3.54. The fourth-order valence-corrected chi connectivity index (χ4v) is 2.27. The van der Waals surface area contributed by atoms with Crippen molar-refractivity contribution in [2.24, 2.45) is 0 Å². The van der Waals surface area contributed by atoms with E-state index in [4.69, 9.17) is 11.6 Å². The molecule has 1 N–H and O–H groups in total. The highest BCUT2D eigenvalue weighted by Gasteiger charge is 2.10. The fraction of sp³-hybridized carbons (Fsp3) is 0.0625. The van der Waals surface area contributed by atoms with E-state index in [-0.39, 0.29) is 16.5 Å². The zero-order valence-electron chi connectivity index (χ0n) is 11.9. The number of pyridine rings is 1. The average molecular weight is 331 g/mol. The lowest BCUT2D eigenvalue weighted by Gasteiger charge is -2.07. The van der Waals surface area contributed by atoms with E-state index in [0.717, 1.165) is 17.4 Å². The van der Waals surface area contributed by atoms with Crippen molar-refractivity contribution in [1.82, 2.24) is 19.9 Å². The molecule has 0 atom stereocenters. The molecule has 1 amide bonds. The van der Waals surface area contributed by atoms with Crippen LogP contribution in [0.4, 0.5) is 4.39 Å². The molecular formula is C16H12ClFN4O. The molecule has 3 aromatic rings. The molecule has 2 aromatic heterocycles. The summed E-state index contributed by atoms with van der Waals surface area (Å²) in [4.78, 5) is 20.3. The van der Waals surface area contributed by atoms with Crippen LogP contribution in [-0.4, -0.2) is 20.4 Å². The first kappa shape index (κ1) is 15.2. The summed E-state index contributed by atoms with van der Waals surface area (Å²) in [5, 5.41) is 2.80. The molecule has 0 aliphatic carbocycles. The summed E-state index contributed by atoms with van der Waals surface area (Å²) in [5.41, 5.74) is 1.07. The number of halogens is 2. The quantitative estimate of drug-likeness (QED) is 0.800. The lowest BCUT2D eigenvalue weighted by atomic mass is 10.2. The van der Waals surface area contributed by atoms with Gasteiger partial charge in [-0.15, -0.1) is 0 Å². The van der Waals surface area contributed by atoms with Gasteiger partial charge in [-0.05, 0) is 29.8 Å². The SMILES string of the molecule is O=C(NCc1ccc(-n2ccnc2)nc1)c1ccc(F)cc1Cl. The monoisotopic (exact) mass is 330 g/mol. The van der Waals surface area contributed by atoms with Crippen molar-refractivity contribution in [2.45, 2.75) is 6.54 Å². The standard InChI is InChI=1S/C16H12ClFN4O/c17-14-7-12(18)2-3-13(14)16(23)21-9-11-1-4-15(20-8-11)22-6-5-19-10-22/h1-8,10H,9H2,(H,21,23).